The summed E-state index contributed by atoms with van der Waals surface area (Å²) in [6.45, 7) is 3.01. The Balaban J connectivity index is 4.64. The monoisotopic (exact) mass is 833 g/mol. The van der Waals surface area contributed by atoms with Crippen molar-refractivity contribution in [3.05, 3.63) is 109 Å². The zero-order valence-electron chi connectivity index (χ0n) is 34.8. The smallest absolute Gasteiger partial charge is 0.462 e. The molecule has 6 N–H and O–H groups in total. The van der Waals surface area contributed by atoms with E-state index < -0.39 is 57.4 Å². The first-order valence-electron chi connectivity index (χ1n) is 20.7. The number of phosphoric ester groups is 1. The molecule has 0 spiro atoms. The van der Waals surface area contributed by atoms with Crippen molar-refractivity contribution >= 4 is 19.8 Å². The Labute approximate surface area is 347 Å². The molecule has 1 unspecified atom stereocenters. The number of allylic oxidation sites excluding steroid dienone is 15. The molecule has 13 heteroatoms. The van der Waals surface area contributed by atoms with Crippen molar-refractivity contribution in [2.75, 3.05) is 26.4 Å². The number of carbonyl (C=O) groups is 2. The van der Waals surface area contributed by atoms with E-state index in [0.717, 1.165) is 32.1 Å². The van der Waals surface area contributed by atoms with Gasteiger partial charge < -0.3 is 35.4 Å². The molecule has 0 fully saturated rings. The average Bonchev–Trinajstić information content (AvgIpc) is 3.20. The Hall–Kier alpha value is -3.45. The molecule has 328 valence electrons. The second kappa shape index (κ2) is 39.0. The van der Waals surface area contributed by atoms with Crippen LogP contribution in [0.3, 0.4) is 0 Å². The molecule has 0 aliphatic heterocycles. The van der Waals surface area contributed by atoms with Gasteiger partial charge >= 0.3 is 19.8 Å². The molecule has 0 saturated heterocycles. The van der Waals surface area contributed by atoms with Gasteiger partial charge in [-0.25, -0.2) is 4.57 Å². The Kier molecular flexibility index (Phi) is 36.7. The first kappa shape index (κ1) is 54.6. The maximum Gasteiger partial charge on any atom is 0.472 e. The maximum absolute atomic E-state index is 12.6. The van der Waals surface area contributed by atoms with E-state index in [2.05, 4.69) is 43.4 Å². The number of aliphatic hydroxyl groups is 3. The number of nitrogens with two attached hydrogens (primary N) is 1. The summed E-state index contributed by atoms with van der Waals surface area (Å²) in [5.74, 6) is -1.24. The first-order valence-corrected chi connectivity index (χ1v) is 22.2. The van der Waals surface area contributed by atoms with Crippen LogP contribution in [0.2, 0.25) is 0 Å². The van der Waals surface area contributed by atoms with Crippen molar-refractivity contribution in [1.82, 2.24) is 0 Å². The molecule has 0 aliphatic rings. The van der Waals surface area contributed by atoms with E-state index in [1.54, 1.807) is 42.5 Å². The summed E-state index contributed by atoms with van der Waals surface area (Å²) in [6.07, 6.45) is 40.8. The third kappa shape index (κ3) is 36.9. The summed E-state index contributed by atoms with van der Waals surface area (Å²) in [6, 6.07) is 0. The highest BCUT2D eigenvalue weighted by Crippen LogP contribution is 2.43. The van der Waals surface area contributed by atoms with Crippen LogP contribution in [0.25, 0.3) is 0 Å². The molecule has 0 aromatic heterocycles. The minimum Gasteiger partial charge on any atom is -0.462 e. The summed E-state index contributed by atoms with van der Waals surface area (Å²) in [7, 11) is -4.48. The van der Waals surface area contributed by atoms with Gasteiger partial charge in [0.2, 0.25) is 0 Å². The van der Waals surface area contributed by atoms with Gasteiger partial charge in [-0.2, -0.15) is 0 Å². The zero-order valence-corrected chi connectivity index (χ0v) is 35.7. The van der Waals surface area contributed by atoms with Gasteiger partial charge in [0.25, 0.3) is 0 Å². The average molecular weight is 834 g/mol. The fourth-order valence-corrected chi connectivity index (χ4v) is 5.55. The second-order valence-corrected chi connectivity index (χ2v) is 14.8. The lowest BCUT2D eigenvalue weighted by atomic mass is 10.1. The highest BCUT2D eigenvalue weighted by molar-refractivity contribution is 7.47. The summed E-state index contributed by atoms with van der Waals surface area (Å²) >= 11 is 0. The van der Waals surface area contributed by atoms with Crippen LogP contribution >= 0.6 is 7.82 Å². The van der Waals surface area contributed by atoms with Crippen LogP contribution in [0.4, 0.5) is 0 Å². The SMILES string of the molecule is CC/C=C\C[C@@H](O)/C=C/C=C/C=C\C=C/[C@H](O)[C@@H](O)CCCC(=O)OC[C@H](COP(=O)(O)OCCN)OC(=O)CCC/C=C\C/C=C\C/C=C\C/C=C\CCCCC. The standard InChI is InChI=1S/C45H72NO11P/c1-3-5-7-8-9-10-11-12-13-14-15-16-17-18-19-24-28-34-45(51)57-41(39-56-58(52,53)55-37-36-46)38-54-44(50)35-29-33-43(49)42(48)32-27-23-21-20-22-26-31-40(47)30-25-6-4-2/h6,9-10,12-13,15-16,18-23,25-27,31-32,40-43,47-49H,3-5,7-8,11,14,17,24,28-30,33-39,46H2,1-2H3,(H,52,53)/b10-9-,13-12-,16-15-,19-18-,22-20+,23-21-,25-6-,31-26+,32-27-/t40-,41-,42+,43+/m1/s1. The van der Waals surface area contributed by atoms with Gasteiger partial charge in [-0.15, -0.1) is 0 Å². The third-order valence-electron chi connectivity index (χ3n) is 7.99. The van der Waals surface area contributed by atoms with Crippen molar-refractivity contribution in [3.8, 4) is 0 Å². The van der Waals surface area contributed by atoms with E-state index in [0.29, 0.717) is 19.3 Å². The maximum atomic E-state index is 12.6. The van der Waals surface area contributed by atoms with Gasteiger partial charge in [0, 0.05) is 19.4 Å². The molecule has 58 heavy (non-hydrogen) atoms. The first-order chi connectivity index (χ1) is 28.0. The van der Waals surface area contributed by atoms with Gasteiger partial charge in [-0.05, 0) is 70.6 Å². The summed E-state index contributed by atoms with van der Waals surface area (Å²) in [5.41, 5.74) is 5.32. The van der Waals surface area contributed by atoms with E-state index in [1.807, 2.05) is 31.2 Å². The van der Waals surface area contributed by atoms with Crippen molar-refractivity contribution < 1.29 is 52.9 Å². The van der Waals surface area contributed by atoms with Crippen LogP contribution in [0.5, 0.6) is 0 Å². The fraction of sp³-hybridized carbons (Fsp3) is 0.556. The Morgan fingerprint density at radius 3 is 1.88 bits per heavy atom. The highest BCUT2D eigenvalue weighted by atomic mass is 31.2. The predicted octanol–water partition coefficient (Wildman–Crippen LogP) is 8.51. The number of ether oxygens (including phenoxy) is 2. The number of carbonyl (C=O) groups excluding carboxylic acids is 2. The number of unbranched alkanes of at least 4 members (excludes halogenated alkanes) is 4. The quantitative estimate of drug-likeness (QED) is 0.0133. The summed E-state index contributed by atoms with van der Waals surface area (Å²) < 4.78 is 32.4. The highest BCUT2D eigenvalue weighted by Gasteiger charge is 2.26. The lowest BCUT2D eigenvalue weighted by molar-refractivity contribution is -0.161. The normalized spacial score (nSPS) is 16.1. The van der Waals surface area contributed by atoms with Crippen molar-refractivity contribution in [2.45, 2.75) is 135 Å². The third-order valence-corrected chi connectivity index (χ3v) is 8.97. The number of esters is 2. The minimum absolute atomic E-state index is 0.0109. The molecule has 0 bridgehead atoms. The fourth-order valence-electron chi connectivity index (χ4n) is 4.79. The molecule has 0 saturated carbocycles. The number of hydrogen-bond acceptors (Lipinski definition) is 11. The van der Waals surface area contributed by atoms with Crippen molar-refractivity contribution in [3.63, 3.8) is 0 Å². The number of aliphatic hydroxyl groups excluding tert-OH is 3. The molecule has 12 nitrogen and oxygen atoms in total. The topological polar surface area (TPSA) is 195 Å². The van der Waals surface area contributed by atoms with Crippen LogP contribution < -0.4 is 5.73 Å². The minimum atomic E-state index is -4.48. The van der Waals surface area contributed by atoms with Crippen molar-refractivity contribution in [1.29, 1.82) is 0 Å². The summed E-state index contributed by atoms with van der Waals surface area (Å²) in [5, 5.41) is 30.3. The Morgan fingerprint density at radius 1 is 0.672 bits per heavy atom. The molecule has 0 rings (SSSR count). The molecular formula is C45H72NO11P. The second-order valence-electron chi connectivity index (χ2n) is 13.3. The Morgan fingerprint density at radius 2 is 1.26 bits per heavy atom. The molecule has 0 aromatic carbocycles. The number of hydrogen-bond donors (Lipinski definition) is 5. The zero-order chi connectivity index (χ0) is 43.0. The summed E-state index contributed by atoms with van der Waals surface area (Å²) in [4.78, 5) is 34.9. The van der Waals surface area contributed by atoms with Crippen LogP contribution in [-0.4, -0.2) is 82.9 Å². The molecule has 0 aliphatic carbocycles. The largest absolute Gasteiger partial charge is 0.472 e. The molecule has 0 aromatic rings. The molecule has 5 atom stereocenters. The van der Waals surface area contributed by atoms with E-state index in [4.69, 9.17) is 24.3 Å². The molecular weight excluding hydrogens is 761 g/mol. The lowest BCUT2D eigenvalue weighted by Gasteiger charge is -2.20. The van der Waals surface area contributed by atoms with Crippen LogP contribution in [-0.2, 0) is 32.7 Å². The van der Waals surface area contributed by atoms with Gasteiger partial charge in [-0.3, -0.25) is 18.6 Å². The van der Waals surface area contributed by atoms with Gasteiger partial charge in [0.1, 0.15) is 6.61 Å². The van der Waals surface area contributed by atoms with E-state index in [-0.39, 0.29) is 38.8 Å². The molecule has 0 radical (unpaired) electrons. The van der Waals surface area contributed by atoms with Gasteiger partial charge in [0.05, 0.1) is 31.5 Å². The van der Waals surface area contributed by atoms with Crippen LogP contribution in [0.1, 0.15) is 110 Å². The number of rotatable bonds is 36. The predicted molar refractivity (Wildman–Crippen MR) is 233 cm³/mol. The number of phosphoric acid groups is 1. The lowest BCUT2D eigenvalue weighted by Crippen LogP contribution is -2.29. The van der Waals surface area contributed by atoms with Crippen molar-refractivity contribution in [2.24, 2.45) is 5.73 Å². The molecule has 0 amide bonds. The van der Waals surface area contributed by atoms with Crippen LogP contribution in [0.15, 0.2) is 109 Å². The van der Waals surface area contributed by atoms with E-state index in [9.17, 15) is 34.4 Å². The van der Waals surface area contributed by atoms with E-state index >= 15 is 0 Å². The Bertz CT molecular complexity index is 1370. The van der Waals surface area contributed by atoms with Gasteiger partial charge in [0.15, 0.2) is 6.10 Å². The van der Waals surface area contributed by atoms with Gasteiger partial charge in [-0.1, -0.05) is 136 Å². The van der Waals surface area contributed by atoms with Crippen LogP contribution in [0, 0.1) is 0 Å². The molecule has 0 heterocycles. The van der Waals surface area contributed by atoms with E-state index in [1.165, 1.54) is 25.3 Å².